The average Bonchev–Trinajstić information content (AvgIpc) is 3.36. The van der Waals surface area contributed by atoms with E-state index in [0.717, 1.165) is 48.5 Å². The molecule has 0 atom stereocenters. The first-order valence-corrected chi connectivity index (χ1v) is 13.5. The molecule has 0 radical (unpaired) electrons. The Morgan fingerprint density at radius 1 is 1.07 bits per heavy atom. The summed E-state index contributed by atoms with van der Waals surface area (Å²) in [6.07, 6.45) is 2.48. The normalized spacial score (nSPS) is 13.5. The maximum absolute atomic E-state index is 13.5. The Bertz CT molecular complexity index is 1480. The number of aromatic nitrogens is 4. The predicted octanol–water partition coefficient (Wildman–Crippen LogP) is 4.23. The summed E-state index contributed by atoms with van der Waals surface area (Å²) in [6.45, 7) is 5.88. The standard InChI is InChI=1S/C27H30FN7O3.C2H6/c1-29-27(37)38-18-35-24(36)11-14-30-25(35)32(2)21-12-15-33(16-13-21)26-31-22-5-3-4-6-23(22)34(26)17-19-7-9-20(28)10-8-19;1-2/h3-11,14,21H,12-13,15-18H2,1-2H3,(H,29,37);1-2H3. The highest BCUT2D eigenvalue weighted by molar-refractivity contribution is 5.79. The van der Waals surface area contributed by atoms with Gasteiger partial charge in [-0.1, -0.05) is 38.1 Å². The summed E-state index contributed by atoms with van der Waals surface area (Å²) < 4.78 is 22.1. The number of piperidine rings is 1. The number of rotatable bonds is 7. The number of benzene rings is 2. The summed E-state index contributed by atoms with van der Waals surface area (Å²) in [5.74, 6) is 1.07. The predicted molar refractivity (Wildman–Crippen MR) is 154 cm³/mol. The van der Waals surface area contributed by atoms with Crippen molar-refractivity contribution in [1.29, 1.82) is 0 Å². The Morgan fingerprint density at radius 3 is 2.48 bits per heavy atom. The SMILES string of the molecule is CC.CNC(=O)OCn1c(N(C)C2CCN(c3nc4ccccc4n3Cc3ccc(F)cc3)CC2)nccc1=O. The van der Waals surface area contributed by atoms with Gasteiger partial charge in [0.15, 0.2) is 6.73 Å². The van der Waals surface area contributed by atoms with E-state index in [1.165, 1.54) is 36.0 Å². The van der Waals surface area contributed by atoms with Crippen LogP contribution >= 0.6 is 0 Å². The summed E-state index contributed by atoms with van der Waals surface area (Å²) in [6, 6.07) is 16.1. The van der Waals surface area contributed by atoms with Crippen molar-refractivity contribution in [2.45, 2.75) is 46.0 Å². The molecule has 1 fully saturated rings. The number of anilines is 2. The lowest BCUT2D eigenvalue weighted by Gasteiger charge is -2.38. The maximum Gasteiger partial charge on any atom is 0.408 e. The van der Waals surface area contributed by atoms with E-state index in [1.54, 1.807) is 12.1 Å². The molecule has 2 aromatic carbocycles. The number of carbonyl (C=O) groups excluding carboxylic acids is 1. The molecule has 1 saturated heterocycles. The van der Waals surface area contributed by atoms with Crippen LogP contribution in [0.2, 0.25) is 0 Å². The third kappa shape index (κ3) is 6.24. The van der Waals surface area contributed by atoms with Crippen molar-refractivity contribution in [2.75, 3.05) is 37.0 Å². The zero-order chi connectivity index (χ0) is 28.6. The molecule has 40 heavy (non-hydrogen) atoms. The number of ether oxygens (including phenoxy) is 1. The first-order chi connectivity index (χ1) is 19.4. The van der Waals surface area contributed by atoms with Crippen LogP contribution in [0.25, 0.3) is 11.0 Å². The van der Waals surface area contributed by atoms with Gasteiger partial charge in [0.2, 0.25) is 11.9 Å². The Morgan fingerprint density at radius 2 is 1.77 bits per heavy atom. The van der Waals surface area contributed by atoms with Crippen LogP contribution in [0.5, 0.6) is 0 Å². The van der Waals surface area contributed by atoms with Gasteiger partial charge in [-0.05, 0) is 42.7 Å². The van der Waals surface area contributed by atoms with Crippen LogP contribution in [-0.4, -0.2) is 58.4 Å². The minimum atomic E-state index is -0.619. The van der Waals surface area contributed by atoms with Crippen molar-refractivity contribution >= 4 is 29.0 Å². The van der Waals surface area contributed by atoms with E-state index in [-0.39, 0.29) is 24.1 Å². The maximum atomic E-state index is 13.5. The van der Waals surface area contributed by atoms with E-state index in [9.17, 15) is 14.0 Å². The number of nitrogens with one attached hydrogen (secondary N) is 1. The van der Waals surface area contributed by atoms with Crippen LogP contribution in [0.1, 0.15) is 32.3 Å². The highest BCUT2D eigenvalue weighted by Crippen LogP contribution is 2.28. The van der Waals surface area contributed by atoms with Crippen molar-refractivity contribution in [3.63, 3.8) is 0 Å². The lowest BCUT2D eigenvalue weighted by molar-refractivity contribution is 0.114. The van der Waals surface area contributed by atoms with E-state index < -0.39 is 6.09 Å². The van der Waals surface area contributed by atoms with E-state index >= 15 is 0 Å². The number of fused-ring (bicyclic) bond motifs is 1. The summed E-state index contributed by atoms with van der Waals surface area (Å²) in [5, 5.41) is 2.38. The van der Waals surface area contributed by atoms with E-state index in [2.05, 4.69) is 25.8 Å². The average molecular weight is 550 g/mol. The van der Waals surface area contributed by atoms with Gasteiger partial charge in [-0.2, -0.15) is 0 Å². The minimum Gasteiger partial charge on any atom is -0.428 e. The second-order valence-electron chi connectivity index (χ2n) is 9.26. The molecule has 0 bridgehead atoms. The van der Waals surface area contributed by atoms with Crippen molar-refractivity contribution < 1.29 is 13.9 Å². The largest absolute Gasteiger partial charge is 0.428 e. The van der Waals surface area contributed by atoms with Crippen LogP contribution in [-0.2, 0) is 18.0 Å². The molecule has 0 unspecified atom stereocenters. The first kappa shape index (κ1) is 28.6. The van der Waals surface area contributed by atoms with Gasteiger partial charge in [0, 0.05) is 45.5 Å². The zero-order valence-electron chi connectivity index (χ0n) is 23.4. The van der Waals surface area contributed by atoms with E-state index in [1.807, 2.05) is 44.0 Å². The van der Waals surface area contributed by atoms with Gasteiger partial charge in [0.1, 0.15) is 5.82 Å². The molecule has 0 aliphatic carbocycles. The Balaban J connectivity index is 0.00000181. The van der Waals surface area contributed by atoms with Crippen LogP contribution in [0.15, 0.2) is 65.6 Å². The molecule has 10 nitrogen and oxygen atoms in total. The summed E-state index contributed by atoms with van der Waals surface area (Å²) in [7, 11) is 3.37. The fourth-order valence-electron chi connectivity index (χ4n) is 4.87. The zero-order valence-corrected chi connectivity index (χ0v) is 23.4. The van der Waals surface area contributed by atoms with Gasteiger partial charge >= 0.3 is 6.09 Å². The number of para-hydroxylation sites is 2. The first-order valence-electron chi connectivity index (χ1n) is 13.5. The molecule has 0 saturated carbocycles. The van der Waals surface area contributed by atoms with Gasteiger partial charge in [-0.25, -0.2) is 23.7 Å². The summed E-state index contributed by atoms with van der Waals surface area (Å²) in [4.78, 5) is 37.7. The smallest absolute Gasteiger partial charge is 0.408 e. The minimum absolute atomic E-state index is 0.127. The van der Waals surface area contributed by atoms with Crippen molar-refractivity contribution in [1.82, 2.24) is 24.4 Å². The molecule has 1 aliphatic heterocycles. The highest BCUT2D eigenvalue weighted by Gasteiger charge is 2.28. The van der Waals surface area contributed by atoms with E-state index in [0.29, 0.717) is 12.5 Å². The van der Waals surface area contributed by atoms with Gasteiger partial charge in [0.05, 0.1) is 17.6 Å². The van der Waals surface area contributed by atoms with Crippen molar-refractivity contribution in [2.24, 2.45) is 0 Å². The van der Waals surface area contributed by atoms with Gasteiger partial charge in [0.25, 0.3) is 5.56 Å². The van der Waals surface area contributed by atoms with E-state index in [4.69, 9.17) is 9.72 Å². The highest BCUT2D eigenvalue weighted by atomic mass is 19.1. The molecular weight excluding hydrogens is 513 g/mol. The van der Waals surface area contributed by atoms with Gasteiger partial charge < -0.3 is 24.4 Å². The Kier molecular flexibility index (Phi) is 9.36. The fraction of sp³-hybridized carbons (Fsp3) is 0.379. The van der Waals surface area contributed by atoms with Gasteiger partial charge in [-0.3, -0.25) is 4.79 Å². The molecule has 0 spiro atoms. The lowest BCUT2D eigenvalue weighted by atomic mass is 10.0. The molecule has 3 heterocycles. The number of imidazole rings is 1. The molecule has 1 aliphatic rings. The fourth-order valence-corrected chi connectivity index (χ4v) is 4.87. The quantitative estimate of drug-likeness (QED) is 0.369. The monoisotopic (exact) mass is 549 g/mol. The number of halogens is 1. The summed E-state index contributed by atoms with van der Waals surface area (Å²) >= 11 is 0. The number of hydrogen-bond acceptors (Lipinski definition) is 7. The van der Waals surface area contributed by atoms with Crippen molar-refractivity contribution in [3.05, 3.63) is 82.5 Å². The van der Waals surface area contributed by atoms with Crippen LogP contribution in [0.4, 0.5) is 21.1 Å². The van der Waals surface area contributed by atoms with Crippen LogP contribution in [0, 0.1) is 5.82 Å². The third-order valence-corrected chi connectivity index (χ3v) is 6.94. The van der Waals surface area contributed by atoms with Crippen LogP contribution < -0.4 is 20.7 Å². The number of nitrogens with zero attached hydrogens (tertiary/aromatic N) is 6. The second kappa shape index (κ2) is 13.1. The molecule has 1 N–H and O–H groups in total. The summed E-state index contributed by atoms with van der Waals surface area (Å²) in [5.41, 5.74) is 2.65. The molecule has 11 heteroatoms. The molecule has 1 amide bonds. The number of hydrogen-bond donors (Lipinski definition) is 1. The topological polar surface area (TPSA) is 97.5 Å². The molecule has 2 aromatic heterocycles. The molecule has 5 rings (SSSR count). The number of carbonyl (C=O) groups is 1. The third-order valence-electron chi connectivity index (χ3n) is 6.94. The van der Waals surface area contributed by atoms with Gasteiger partial charge in [-0.15, -0.1) is 0 Å². The lowest BCUT2D eigenvalue weighted by Crippen LogP contribution is -2.46. The van der Waals surface area contributed by atoms with Crippen LogP contribution in [0.3, 0.4) is 0 Å². The van der Waals surface area contributed by atoms with Crippen molar-refractivity contribution in [3.8, 4) is 0 Å². The molecular formula is C29H36FN7O3. The number of alkyl carbamates (subject to hydrolysis) is 1. The Labute approximate surface area is 233 Å². The Hall–Kier alpha value is -4.41. The second-order valence-corrected chi connectivity index (χ2v) is 9.26. The molecule has 212 valence electrons. The number of amides is 1. The molecule has 4 aromatic rings.